The van der Waals surface area contributed by atoms with Gasteiger partial charge in [0.1, 0.15) is 6.10 Å². The Bertz CT molecular complexity index is 163. The van der Waals surface area contributed by atoms with Crippen LogP contribution in [0.2, 0.25) is 0 Å². The van der Waals surface area contributed by atoms with E-state index in [1.807, 2.05) is 6.08 Å². The van der Waals surface area contributed by atoms with Gasteiger partial charge in [-0.25, -0.2) is 4.79 Å². The van der Waals surface area contributed by atoms with E-state index in [-0.39, 0.29) is 18.7 Å². The smallest absolute Gasteiger partial charge is 0.330 e. The number of aliphatic hydroxyl groups is 1. The largest absolute Gasteiger partial charge is 0.459 e. The number of carbonyl (C=O) groups is 1. The molecule has 11 heavy (non-hydrogen) atoms. The molecule has 1 aliphatic heterocycles. The first kappa shape index (κ1) is 8.27. The Labute approximate surface area is 65.7 Å². The number of ether oxygens (including phenoxy) is 1. The van der Waals surface area contributed by atoms with E-state index in [4.69, 9.17) is 9.84 Å². The summed E-state index contributed by atoms with van der Waals surface area (Å²) < 4.78 is 4.95. The van der Waals surface area contributed by atoms with E-state index in [0.29, 0.717) is 6.42 Å². The van der Waals surface area contributed by atoms with Crippen molar-refractivity contribution >= 4 is 5.97 Å². The lowest BCUT2D eigenvalue weighted by molar-refractivity contribution is -0.144. The van der Waals surface area contributed by atoms with Crippen molar-refractivity contribution in [1.82, 2.24) is 0 Å². The zero-order valence-electron chi connectivity index (χ0n) is 6.32. The van der Waals surface area contributed by atoms with Gasteiger partial charge in [0, 0.05) is 19.1 Å². The van der Waals surface area contributed by atoms with Crippen LogP contribution < -0.4 is 0 Å². The summed E-state index contributed by atoms with van der Waals surface area (Å²) in [5.74, 6) is -0.265. The van der Waals surface area contributed by atoms with Gasteiger partial charge in [-0.15, -0.1) is 0 Å². The van der Waals surface area contributed by atoms with Gasteiger partial charge in [-0.1, -0.05) is 6.08 Å². The van der Waals surface area contributed by atoms with E-state index in [2.05, 4.69) is 0 Å². The Morgan fingerprint density at radius 2 is 2.55 bits per heavy atom. The minimum absolute atomic E-state index is 0.0142. The summed E-state index contributed by atoms with van der Waals surface area (Å²) in [7, 11) is 0. The van der Waals surface area contributed by atoms with Crippen molar-refractivity contribution in [1.29, 1.82) is 0 Å². The summed E-state index contributed by atoms with van der Waals surface area (Å²) >= 11 is 0. The summed E-state index contributed by atoms with van der Waals surface area (Å²) in [6, 6.07) is 0. The molecule has 1 N–H and O–H groups in total. The number of aliphatic hydroxyl groups excluding tert-OH is 1. The topological polar surface area (TPSA) is 46.5 Å². The molecular weight excluding hydrogens is 144 g/mol. The van der Waals surface area contributed by atoms with E-state index in [1.54, 1.807) is 0 Å². The SMILES string of the molecule is O=C1C=CC[C@@H](CCCO)O1. The van der Waals surface area contributed by atoms with Gasteiger partial charge in [0.15, 0.2) is 0 Å². The van der Waals surface area contributed by atoms with Crippen LogP contribution in [0.3, 0.4) is 0 Å². The number of esters is 1. The summed E-state index contributed by atoms with van der Waals surface area (Å²) in [5, 5.41) is 8.50. The van der Waals surface area contributed by atoms with Gasteiger partial charge in [-0.05, 0) is 12.8 Å². The van der Waals surface area contributed by atoms with Gasteiger partial charge in [0.05, 0.1) is 0 Å². The minimum atomic E-state index is -0.265. The first-order valence-corrected chi connectivity index (χ1v) is 3.81. The summed E-state index contributed by atoms with van der Waals surface area (Å²) in [6.07, 6.45) is 5.48. The van der Waals surface area contributed by atoms with E-state index < -0.39 is 0 Å². The molecule has 1 atom stereocenters. The van der Waals surface area contributed by atoms with Crippen LogP contribution in [0.1, 0.15) is 19.3 Å². The van der Waals surface area contributed by atoms with Crippen LogP contribution in [0.5, 0.6) is 0 Å². The van der Waals surface area contributed by atoms with Crippen LogP contribution in [0.15, 0.2) is 12.2 Å². The Kier molecular flexibility index (Phi) is 3.11. The molecule has 3 heteroatoms. The maximum Gasteiger partial charge on any atom is 0.330 e. The standard InChI is InChI=1S/C8H12O3/c9-6-2-4-7-3-1-5-8(10)11-7/h1,5,7,9H,2-4,6H2/t7-/m0/s1. The number of rotatable bonds is 3. The van der Waals surface area contributed by atoms with Gasteiger partial charge in [-0.3, -0.25) is 0 Å². The first-order chi connectivity index (χ1) is 5.33. The quantitative estimate of drug-likeness (QED) is 0.609. The lowest BCUT2D eigenvalue weighted by Crippen LogP contribution is -2.19. The predicted octanol–water partition coefficient (Wildman–Crippen LogP) is 0.631. The van der Waals surface area contributed by atoms with Gasteiger partial charge in [0.2, 0.25) is 0 Å². The molecule has 0 aliphatic carbocycles. The highest BCUT2D eigenvalue weighted by Gasteiger charge is 2.14. The van der Waals surface area contributed by atoms with Gasteiger partial charge >= 0.3 is 5.97 Å². The van der Waals surface area contributed by atoms with Crippen LogP contribution in [-0.2, 0) is 9.53 Å². The molecule has 1 heterocycles. The summed E-state index contributed by atoms with van der Waals surface area (Å²) in [4.78, 5) is 10.7. The Balaban J connectivity index is 2.26. The third-order valence-electron chi connectivity index (χ3n) is 1.62. The normalized spacial score (nSPS) is 23.4. The molecule has 0 radical (unpaired) electrons. The molecule has 0 aromatic heterocycles. The van der Waals surface area contributed by atoms with Crippen molar-refractivity contribution in [2.45, 2.75) is 25.4 Å². The maximum absolute atomic E-state index is 10.7. The maximum atomic E-state index is 10.7. The van der Waals surface area contributed by atoms with Crippen molar-refractivity contribution in [3.63, 3.8) is 0 Å². The third-order valence-corrected chi connectivity index (χ3v) is 1.62. The molecule has 0 saturated heterocycles. The summed E-state index contributed by atoms with van der Waals surface area (Å²) in [5.41, 5.74) is 0. The molecule has 1 rings (SSSR count). The van der Waals surface area contributed by atoms with Crippen LogP contribution in [0.4, 0.5) is 0 Å². The lowest BCUT2D eigenvalue weighted by Gasteiger charge is -2.17. The second-order valence-electron chi connectivity index (χ2n) is 2.56. The highest BCUT2D eigenvalue weighted by atomic mass is 16.5. The van der Waals surface area contributed by atoms with E-state index in [9.17, 15) is 4.79 Å². The second-order valence-corrected chi connectivity index (χ2v) is 2.56. The zero-order valence-corrected chi connectivity index (χ0v) is 6.32. The fourth-order valence-corrected chi connectivity index (χ4v) is 1.06. The van der Waals surface area contributed by atoms with Crippen molar-refractivity contribution in [3.05, 3.63) is 12.2 Å². The Morgan fingerprint density at radius 1 is 1.73 bits per heavy atom. The van der Waals surface area contributed by atoms with Crippen LogP contribution in [-0.4, -0.2) is 23.8 Å². The molecule has 0 unspecified atom stereocenters. The number of hydrogen-bond donors (Lipinski definition) is 1. The number of carbonyl (C=O) groups excluding carboxylic acids is 1. The molecule has 0 bridgehead atoms. The Morgan fingerprint density at radius 3 is 3.18 bits per heavy atom. The van der Waals surface area contributed by atoms with Gasteiger partial charge in [0.25, 0.3) is 0 Å². The molecular formula is C8H12O3. The fourth-order valence-electron chi connectivity index (χ4n) is 1.06. The molecule has 0 fully saturated rings. The molecule has 62 valence electrons. The van der Waals surface area contributed by atoms with Crippen LogP contribution in [0, 0.1) is 0 Å². The highest BCUT2D eigenvalue weighted by molar-refractivity contribution is 5.82. The van der Waals surface area contributed by atoms with Gasteiger partial charge < -0.3 is 9.84 Å². The zero-order chi connectivity index (χ0) is 8.10. The highest BCUT2D eigenvalue weighted by Crippen LogP contribution is 2.12. The lowest BCUT2D eigenvalue weighted by atomic mass is 10.1. The number of hydrogen-bond acceptors (Lipinski definition) is 3. The number of cyclic esters (lactones) is 1. The summed E-state index contributed by atoms with van der Waals surface area (Å²) in [6.45, 7) is 0.164. The first-order valence-electron chi connectivity index (χ1n) is 3.81. The Hall–Kier alpha value is -0.830. The average Bonchev–Trinajstić information content (AvgIpc) is 2.01. The van der Waals surface area contributed by atoms with E-state index in [0.717, 1.165) is 12.8 Å². The van der Waals surface area contributed by atoms with Crippen molar-refractivity contribution < 1.29 is 14.6 Å². The molecule has 0 saturated carbocycles. The molecule has 0 aromatic rings. The second kappa shape index (κ2) is 4.13. The van der Waals surface area contributed by atoms with Crippen LogP contribution >= 0.6 is 0 Å². The van der Waals surface area contributed by atoms with Gasteiger partial charge in [-0.2, -0.15) is 0 Å². The van der Waals surface area contributed by atoms with E-state index >= 15 is 0 Å². The van der Waals surface area contributed by atoms with Crippen molar-refractivity contribution in [2.75, 3.05) is 6.61 Å². The molecule has 0 spiro atoms. The monoisotopic (exact) mass is 156 g/mol. The molecule has 0 amide bonds. The average molecular weight is 156 g/mol. The third kappa shape index (κ3) is 2.72. The van der Waals surface area contributed by atoms with Crippen molar-refractivity contribution in [3.8, 4) is 0 Å². The fraction of sp³-hybridized carbons (Fsp3) is 0.625. The molecule has 3 nitrogen and oxygen atoms in total. The van der Waals surface area contributed by atoms with Crippen LogP contribution in [0.25, 0.3) is 0 Å². The minimum Gasteiger partial charge on any atom is -0.459 e. The van der Waals surface area contributed by atoms with E-state index in [1.165, 1.54) is 6.08 Å². The molecule has 0 aromatic carbocycles. The predicted molar refractivity (Wildman–Crippen MR) is 40.0 cm³/mol. The van der Waals surface area contributed by atoms with Crippen molar-refractivity contribution in [2.24, 2.45) is 0 Å². The molecule has 1 aliphatic rings.